The highest BCUT2D eigenvalue weighted by Gasteiger charge is 2.27. The number of hydrogen-bond donors (Lipinski definition) is 1. The lowest BCUT2D eigenvalue weighted by Gasteiger charge is -2.25. The monoisotopic (exact) mass is 354 g/mol. The van der Waals surface area contributed by atoms with E-state index in [0.29, 0.717) is 26.3 Å². The number of rotatable bonds is 5. The number of nitrogens with one attached hydrogen (secondary N) is 2. The molecule has 8 heteroatoms. The Morgan fingerprint density at radius 3 is 2.70 bits per heavy atom. The number of thiophene rings is 1. The first kappa shape index (κ1) is 16.4. The summed E-state index contributed by atoms with van der Waals surface area (Å²) < 4.78 is 31.7. The van der Waals surface area contributed by atoms with Gasteiger partial charge in [0.15, 0.2) is 0 Å². The van der Waals surface area contributed by atoms with Crippen molar-refractivity contribution in [3.05, 3.63) is 40.7 Å². The van der Waals surface area contributed by atoms with Crippen molar-refractivity contribution in [3.63, 3.8) is 0 Å². The van der Waals surface area contributed by atoms with E-state index in [1.54, 1.807) is 23.5 Å². The SMILES string of the molecule is C[C@@H](Nc1ccc(S(=O)(=O)N2CCOCC2)c[nH+]1)c1cccs1. The summed E-state index contributed by atoms with van der Waals surface area (Å²) in [5.74, 6) is 0.784. The van der Waals surface area contributed by atoms with Gasteiger partial charge in [0.1, 0.15) is 17.1 Å². The van der Waals surface area contributed by atoms with Crippen LogP contribution in [0, 0.1) is 0 Å². The van der Waals surface area contributed by atoms with Crippen LogP contribution in [0.2, 0.25) is 0 Å². The zero-order valence-corrected chi connectivity index (χ0v) is 14.5. The van der Waals surface area contributed by atoms with E-state index in [1.165, 1.54) is 15.4 Å². The zero-order chi connectivity index (χ0) is 16.3. The Morgan fingerprint density at radius 1 is 1.30 bits per heavy atom. The lowest BCUT2D eigenvalue weighted by molar-refractivity contribution is -0.364. The zero-order valence-electron chi connectivity index (χ0n) is 12.9. The Morgan fingerprint density at radius 2 is 2.09 bits per heavy atom. The highest BCUT2D eigenvalue weighted by atomic mass is 32.2. The van der Waals surface area contributed by atoms with Crippen molar-refractivity contribution in [1.29, 1.82) is 0 Å². The molecule has 1 aliphatic heterocycles. The van der Waals surface area contributed by atoms with Crippen molar-refractivity contribution >= 4 is 27.2 Å². The molecule has 1 saturated heterocycles. The Labute approximate surface area is 140 Å². The third-order valence-electron chi connectivity index (χ3n) is 3.73. The van der Waals surface area contributed by atoms with E-state index in [-0.39, 0.29) is 10.9 Å². The Balaban J connectivity index is 1.71. The van der Waals surface area contributed by atoms with Crippen LogP contribution in [0.4, 0.5) is 5.82 Å². The van der Waals surface area contributed by atoms with Crippen molar-refractivity contribution in [2.24, 2.45) is 0 Å². The molecule has 0 saturated carbocycles. The predicted molar refractivity (Wildman–Crippen MR) is 88.9 cm³/mol. The molecule has 1 atom stereocenters. The van der Waals surface area contributed by atoms with Crippen molar-refractivity contribution < 1.29 is 18.1 Å². The normalized spacial score (nSPS) is 17.8. The van der Waals surface area contributed by atoms with Crippen LogP contribution in [-0.4, -0.2) is 39.0 Å². The Kier molecular flexibility index (Phi) is 4.96. The second-order valence-corrected chi connectivity index (χ2v) is 8.25. The fourth-order valence-electron chi connectivity index (χ4n) is 2.44. The Bertz CT molecular complexity index is 724. The number of nitrogens with zero attached hydrogens (tertiary/aromatic N) is 1. The molecule has 0 aliphatic carbocycles. The molecule has 0 bridgehead atoms. The summed E-state index contributed by atoms with van der Waals surface area (Å²) >= 11 is 1.69. The molecule has 124 valence electrons. The van der Waals surface area contributed by atoms with Crippen LogP contribution in [0.3, 0.4) is 0 Å². The minimum Gasteiger partial charge on any atom is -0.379 e. The lowest BCUT2D eigenvalue weighted by Crippen LogP contribution is -2.40. The van der Waals surface area contributed by atoms with Crippen LogP contribution >= 0.6 is 11.3 Å². The van der Waals surface area contributed by atoms with Gasteiger partial charge in [-0.05, 0) is 24.4 Å². The second kappa shape index (κ2) is 6.96. The molecular weight excluding hydrogens is 334 g/mol. The van der Waals surface area contributed by atoms with Crippen LogP contribution in [0.5, 0.6) is 0 Å². The molecular formula is C15H20N3O3S2+. The van der Waals surface area contributed by atoms with Gasteiger partial charge in [-0.1, -0.05) is 6.07 Å². The van der Waals surface area contributed by atoms with Gasteiger partial charge < -0.3 is 4.74 Å². The highest BCUT2D eigenvalue weighted by molar-refractivity contribution is 7.89. The predicted octanol–water partition coefficient (Wildman–Crippen LogP) is 1.76. The fraction of sp³-hybridized carbons (Fsp3) is 0.400. The van der Waals surface area contributed by atoms with Crippen molar-refractivity contribution in [2.45, 2.75) is 17.9 Å². The molecule has 3 rings (SSSR count). The molecule has 3 heterocycles. The number of sulfonamides is 1. The van der Waals surface area contributed by atoms with Gasteiger partial charge in [0, 0.05) is 24.0 Å². The number of morpholine rings is 1. The van der Waals surface area contributed by atoms with Crippen LogP contribution in [0.25, 0.3) is 0 Å². The van der Waals surface area contributed by atoms with Gasteiger partial charge in [-0.15, -0.1) is 11.3 Å². The number of aromatic nitrogens is 1. The van der Waals surface area contributed by atoms with Gasteiger partial charge in [0.25, 0.3) is 5.82 Å². The molecule has 2 N–H and O–H groups in total. The lowest BCUT2D eigenvalue weighted by atomic mass is 10.3. The van der Waals surface area contributed by atoms with E-state index in [0.717, 1.165) is 5.82 Å². The summed E-state index contributed by atoms with van der Waals surface area (Å²) in [5, 5.41) is 5.37. The van der Waals surface area contributed by atoms with E-state index in [4.69, 9.17) is 4.74 Å². The fourth-order valence-corrected chi connectivity index (χ4v) is 4.55. The summed E-state index contributed by atoms with van der Waals surface area (Å²) in [7, 11) is -3.45. The molecule has 2 aromatic rings. The number of aromatic amines is 1. The first-order chi connectivity index (χ1) is 11.1. The van der Waals surface area contributed by atoms with Crippen LogP contribution < -0.4 is 10.3 Å². The Hall–Kier alpha value is -1.48. The number of ether oxygens (including phenoxy) is 1. The molecule has 6 nitrogen and oxygen atoms in total. The molecule has 2 aromatic heterocycles. The van der Waals surface area contributed by atoms with Crippen molar-refractivity contribution in [2.75, 3.05) is 31.6 Å². The molecule has 1 aliphatic rings. The third-order valence-corrected chi connectivity index (χ3v) is 6.68. The number of anilines is 1. The van der Waals surface area contributed by atoms with Gasteiger partial charge in [-0.25, -0.2) is 13.4 Å². The van der Waals surface area contributed by atoms with Gasteiger partial charge in [-0.3, -0.25) is 5.32 Å². The highest BCUT2D eigenvalue weighted by Crippen LogP contribution is 2.22. The number of H-pyrrole nitrogens is 1. The summed E-state index contributed by atoms with van der Waals surface area (Å²) in [6.45, 7) is 3.76. The summed E-state index contributed by atoms with van der Waals surface area (Å²) in [5.41, 5.74) is 0. The minimum atomic E-state index is -3.45. The summed E-state index contributed by atoms with van der Waals surface area (Å²) in [6.07, 6.45) is 1.54. The summed E-state index contributed by atoms with van der Waals surface area (Å²) in [6, 6.07) is 7.63. The van der Waals surface area contributed by atoms with Crippen LogP contribution in [0.1, 0.15) is 17.8 Å². The van der Waals surface area contributed by atoms with E-state index >= 15 is 0 Å². The van der Waals surface area contributed by atoms with Gasteiger partial charge in [0.05, 0.1) is 13.2 Å². The van der Waals surface area contributed by atoms with Crippen molar-refractivity contribution in [1.82, 2.24) is 4.31 Å². The van der Waals surface area contributed by atoms with E-state index < -0.39 is 10.0 Å². The van der Waals surface area contributed by atoms with Gasteiger partial charge >= 0.3 is 0 Å². The molecule has 0 radical (unpaired) electrons. The number of pyridine rings is 1. The minimum absolute atomic E-state index is 0.160. The first-order valence-electron chi connectivity index (χ1n) is 7.47. The molecule has 0 unspecified atom stereocenters. The first-order valence-corrected chi connectivity index (χ1v) is 9.79. The smallest absolute Gasteiger partial charge is 0.272 e. The van der Waals surface area contributed by atoms with E-state index in [1.807, 2.05) is 11.4 Å². The quantitative estimate of drug-likeness (QED) is 0.888. The topological polar surface area (TPSA) is 72.8 Å². The second-order valence-electron chi connectivity index (χ2n) is 5.34. The largest absolute Gasteiger partial charge is 0.379 e. The molecule has 0 aromatic carbocycles. The van der Waals surface area contributed by atoms with Gasteiger partial charge in [0.2, 0.25) is 10.0 Å². The standard InChI is InChI=1S/C15H19N3O3S2/c1-12(14-3-2-10-22-14)17-15-5-4-13(11-16-15)23(19,20)18-6-8-21-9-7-18/h2-5,10-12H,6-9H2,1H3,(H,16,17)/p+1/t12-/m1/s1. The number of hydrogen-bond acceptors (Lipinski definition) is 5. The van der Waals surface area contributed by atoms with Crippen molar-refractivity contribution in [3.8, 4) is 0 Å². The van der Waals surface area contributed by atoms with E-state index in [2.05, 4.69) is 23.3 Å². The third kappa shape index (κ3) is 3.72. The molecule has 23 heavy (non-hydrogen) atoms. The van der Waals surface area contributed by atoms with E-state index in [9.17, 15) is 8.42 Å². The maximum Gasteiger partial charge on any atom is 0.272 e. The summed E-state index contributed by atoms with van der Waals surface area (Å²) in [4.78, 5) is 4.53. The molecule has 0 amide bonds. The van der Waals surface area contributed by atoms with Gasteiger partial charge in [-0.2, -0.15) is 4.31 Å². The average Bonchev–Trinajstić information content (AvgIpc) is 3.11. The maximum atomic E-state index is 12.5. The van der Waals surface area contributed by atoms with Crippen LogP contribution in [0.15, 0.2) is 40.7 Å². The van der Waals surface area contributed by atoms with Crippen LogP contribution in [-0.2, 0) is 14.8 Å². The molecule has 1 fully saturated rings. The molecule has 0 spiro atoms. The maximum absolute atomic E-state index is 12.5. The average molecular weight is 354 g/mol.